The number of ether oxygens (including phenoxy) is 1. The number of nitro benzene ring substituents is 1. The third-order valence-electron chi connectivity index (χ3n) is 4.17. The van der Waals surface area contributed by atoms with Gasteiger partial charge in [-0.2, -0.15) is 0 Å². The van der Waals surface area contributed by atoms with Gasteiger partial charge < -0.3 is 9.15 Å². The van der Waals surface area contributed by atoms with Crippen molar-refractivity contribution >= 4 is 45.4 Å². The van der Waals surface area contributed by atoms with E-state index in [4.69, 9.17) is 9.15 Å². The minimum atomic E-state index is -0.655. The number of carbonyl (C=O) groups is 1. The van der Waals surface area contributed by atoms with E-state index >= 15 is 0 Å². The first-order chi connectivity index (χ1) is 13.1. The van der Waals surface area contributed by atoms with Crippen LogP contribution in [0.15, 0.2) is 70.0 Å². The van der Waals surface area contributed by atoms with Crippen LogP contribution in [0.3, 0.4) is 0 Å². The molecule has 0 spiro atoms. The van der Waals surface area contributed by atoms with E-state index in [1.165, 1.54) is 23.9 Å². The lowest BCUT2D eigenvalue weighted by Crippen LogP contribution is -2.09. The number of esters is 1. The molecule has 0 saturated heterocycles. The van der Waals surface area contributed by atoms with Crippen LogP contribution in [0.25, 0.3) is 21.9 Å². The normalized spacial score (nSPS) is 11.0. The Morgan fingerprint density at radius 2 is 1.81 bits per heavy atom. The number of thioether (sulfide) groups is 1. The van der Waals surface area contributed by atoms with Crippen LogP contribution in [-0.4, -0.2) is 17.1 Å². The Bertz CT molecular complexity index is 1200. The third-order valence-corrected chi connectivity index (χ3v) is 4.96. The predicted octanol–water partition coefficient (Wildman–Crippen LogP) is 5.44. The van der Waals surface area contributed by atoms with E-state index in [0.29, 0.717) is 16.2 Å². The molecular weight excluding hydrogens is 366 g/mol. The number of nitrogens with zero attached hydrogens (tertiary/aromatic N) is 1. The second-order valence-electron chi connectivity index (χ2n) is 5.79. The summed E-state index contributed by atoms with van der Waals surface area (Å²) in [6, 6.07) is 17.0. The molecule has 0 fully saturated rings. The summed E-state index contributed by atoms with van der Waals surface area (Å²) in [5, 5.41) is 12.9. The second kappa shape index (κ2) is 6.77. The van der Waals surface area contributed by atoms with Crippen LogP contribution in [0.1, 0.15) is 10.4 Å². The maximum atomic E-state index is 12.5. The summed E-state index contributed by atoms with van der Waals surface area (Å²) in [6.45, 7) is 0. The van der Waals surface area contributed by atoms with Crippen molar-refractivity contribution in [3.8, 4) is 5.75 Å². The Hall–Kier alpha value is -3.32. The maximum absolute atomic E-state index is 12.5. The van der Waals surface area contributed by atoms with Gasteiger partial charge in [-0.15, -0.1) is 11.8 Å². The van der Waals surface area contributed by atoms with Crippen molar-refractivity contribution in [1.82, 2.24) is 0 Å². The molecule has 134 valence electrons. The van der Waals surface area contributed by atoms with Crippen molar-refractivity contribution in [1.29, 1.82) is 0 Å². The van der Waals surface area contributed by atoms with Gasteiger partial charge in [0.25, 0.3) is 5.69 Å². The van der Waals surface area contributed by atoms with Crippen LogP contribution in [-0.2, 0) is 0 Å². The number of furan rings is 1. The predicted molar refractivity (Wildman–Crippen MR) is 104 cm³/mol. The first kappa shape index (κ1) is 17.1. The number of rotatable bonds is 4. The van der Waals surface area contributed by atoms with Gasteiger partial charge in [-0.3, -0.25) is 10.1 Å². The first-order valence-corrected chi connectivity index (χ1v) is 9.25. The molecule has 0 aliphatic rings. The Morgan fingerprint density at radius 1 is 1.04 bits per heavy atom. The standard InChI is InChI=1S/C20H13NO5S/c1-27-19-9-6-12(10-16(19)21(23)24)20(22)25-13-7-8-18-15(11-13)14-4-2-3-5-17(14)26-18/h2-11H,1H3. The van der Waals surface area contributed by atoms with Crippen molar-refractivity contribution in [2.75, 3.05) is 6.26 Å². The number of fused-ring (bicyclic) bond motifs is 3. The van der Waals surface area contributed by atoms with Gasteiger partial charge in [0.05, 0.1) is 15.4 Å². The van der Waals surface area contributed by atoms with Crippen LogP contribution in [0.2, 0.25) is 0 Å². The van der Waals surface area contributed by atoms with Crippen molar-refractivity contribution in [3.05, 3.63) is 76.3 Å². The Morgan fingerprint density at radius 3 is 2.59 bits per heavy atom. The smallest absolute Gasteiger partial charge is 0.343 e. The molecule has 6 nitrogen and oxygen atoms in total. The van der Waals surface area contributed by atoms with Gasteiger partial charge in [0.2, 0.25) is 0 Å². The molecule has 1 heterocycles. The molecule has 4 rings (SSSR count). The number of hydrogen-bond donors (Lipinski definition) is 0. The summed E-state index contributed by atoms with van der Waals surface area (Å²) in [4.78, 5) is 23.6. The molecular formula is C20H13NO5S. The van der Waals surface area contributed by atoms with Crippen molar-refractivity contribution in [3.63, 3.8) is 0 Å². The number of hydrogen-bond acceptors (Lipinski definition) is 6. The maximum Gasteiger partial charge on any atom is 0.343 e. The van der Waals surface area contributed by atoms with E-state index in [1.54, 1.807) is 30.5 Å². The van der Waals surface area contributed by atoms with E-state index in [1.807, 2.05) is 24.3 Å². The van der Waals surface area contributed by atoms with E-state index in [0.717, 1.165) is 16.4 Å². The van der Waals surface area contributed by atoms with Crippen molar-refractivity contribution in [2.45, 2.75) is 4.90 Å². The molecule has 0 bridgehead atoms. The zero-order chi connectivity index (χ0) is 19.0. The molecule has 7 heteroatoms. The first-order valence-electron chi connectivity index (χ1n) is 8.03. The summed E-state index contributed by atoms with van der Waals surface area (Å²) in [5.74, 6) is -0.312. The Labute approximate surface area is 157 Å². The molecule has 0 amide bonds. The van der Waals surface area contributed by atoms with E-state index < -0.39 is 10.9 Å². The average molecular weight is 379 g/mol. The summed E-state index contributed by atoms with van der Waals surface area (Å²) in [7, 11) is 0. The number of para-hydroxylation sites is 1. The molecule has 0 N–H and O–H groups in total. The monoisotopic (exact) mass is 379 g/mol. The quantitative estimate of drug-likeness (QED) is 0.154. The van der Waals surface area contributed by atoms with Gasteiger partial charge in [0.1, 0.15) is 16.9 Å². The SMILES string of the molecule is CSc1ccc(C(=O)Oc2ccc3oc4ccccc4c3c2)cc1[N+](=O)[O-]. The van der Waals surface area contributed by atoms with Crippen LogP contribution >= 0.6 is 11.8 Å². The molecule has 0 atom stereocenters. The number of carbonyl (C=O) groups excluding carboxylic acids is 1. The lowest BCUT2D eigenvalue weighted by molar-refractivity contribution is -0.387. The summed E-state index contributed by atoms with van der Waals surface area (Å²) < 4.78 is 11.2. The second-order valence-corrected chi connectivity index (χ2v) is 6.64. The van der Waals surface area contributed by atoms with E-state index in [-0.39, 0.29) is 11.3 Å². The highest BCUT2D eigenvalue weighted by molar-refractivity contribution is 7.98. The zero-order valence-electron chi connectivity index (χ0n) is 14.2. The lowest BCUT2D eigenvalue weighted by atomic mass is 10.1. The van der Waals surface area contributed by atoms with Gasteiger partial charge >= 0.3 is 5.97 Å². The average Bonchev–Trinajstić information content (AvgIpc) is 3.05. The van der Waals surface area contributed by atoms with Crippen molar-refractivity contribution < 1.29 is 18.9 Å². The number of nitro groups is 1. The molecule has 4 aromatic rings. The highest BCUT2D eigenvalue weighted by Gasteiger charge is 2.18. The molecule has 1 aromatic heterocycles. The Balaban J connectivity index is 1.67. The minimum Gasteiger partial charge on any atom is -0.456 e. The highest BCUT2D eigenvalue weighted by atomic mass is 32.2. The summed E-state index contributed by atoms with van der Waals surface area (Å²) >= 11 is 1.25. The third kappa shape index (κ3) is 3.13. The van der Waals surface area contributed by atoms with Gasteiger partial charge in [-0.25, -0.2) is 4.79 Å². The molecule has 0 radical (unpaired) electrons. The van der Waals surface area contributed by atoms with Crippen LogP contribution in [0.5, 0.6) is 5.75 Å². The van der Waals surface area contributed by atoms with E-state index in [9.17, 15) is 14.9 Å². The number of benzene rings is 3. The molecule has 0 saturated carbocycles. The van der Waals surface area contributed by atoms with Gasteiger partial charge in [0, 0.05) is 16.8 Å². The molecule has 27 heavy (non-hydrogen) atoms. The minimum absolute atomic E-state index is 0.117. The zero-order valence-corrected chi connectivity index (χ0v) is 15.0. The largest absolute Gasteiger partial charge is 0.456 e. The van der Waals surface area contributed by atoms with Gasteiger partial charge in [-0.05, 0) is 42.7 Å². The van der Waals surface area contributed by atoms with Crippen LogP contribution in [0, 0.1) is 10.1 Å². The molecule has 3 aromatic carbocycles. The van der Waals surface area contributed by atoms with Crippen LogP contribution < -0.4 is 4.74 Å². The lowest BCUT2D eigenvalue weighted by Gasteiger charge is -2.06. The fourth-order valence-corrected chi connectivity index (χ4v) is 3.44. The molecule has 0 aliphatic heterocycles. The highest BCUT2D eigenvalue weighted by Crippen LogP contribution is 2.32. The molecule has 0 unspecified atom stereocenters. The summed E-state index contributed by atoms with van der Waals surface area (Å²) in [5.41, 5.74) is 1.44. The topological polar surface area (TPSA) is 82.6 Å². The van der Waals surface area contributed by atoms with Gasteiger partial charge in [0.15, 0.2) is 0 Å². The Kier molecular flexibility index (Phi) is 4.29. The molecule has 0 aliphatic carbocycles. The fraction of sp³-hybridized carbons (Fsp3) is 0.0500. The fourth-order valence-electron chi connectivity index (χ4n) is 2.89. The van der Waals surface area contributed by atoms with Crippen LogP contribution in [0.4, 0.5) is 5.69 Å². The van der Waals surface area contributed by atoms with Crippen molar-refractivity contribution in [2.24, 2.45) is 0 Å². The van der Waals surface area contributed by atoms with Gasteiger partial charge in [-0.1, -0.05) is 18.2 Å². The van der Waals surface area contributed by atoms with E-state index in [2.05, 4.69) is 0 Å². The summed E-state index contributed by atoms with van der Waals surface area (Å²) in [6.07, 6.45) is 1.74.